The van der Waals surface area contributed by atoms with E-state index in [4.69, 9.17) is 0 Å². The lowest BCUT2D eigenvalue weighted by atomic mass is 10.1. The Labute approximate surface area is 123 Å². The first-order valence-electron chi connectivity index (χ1n) is 8.01. The number of carbonyl (C=O) groups excluding carboxylic acids is 2. The largest absolute Gasteiger partial charge is 0.314 e. The maximum Gasteiger partial charge on any atom is 0.232 e. The molecule has 20 heavy (non-hydrogen) atoms. The normalized spacial score (nSPS) is 21.1. The molecule has 1 heterocycles. The van der Waals surface area contributed by atoms with E-state index < -0.39 is 0 Å². The van der Waals surface area contributed by atoms with E-state index in [1.54, 1.807) is 0 Å². The van der Waals surface area contributed by atoms with Crippen LogP contribution < -0.4 is 5.32 Å². The first-order chi connectivity index (χ1) is 9.43. The summed E-state index contributed by atoms with van der Waals surface area (Å²) >= 11 is 0. The number of hydrogen-bond donors (Lipinski definition) is 1. The fourth-order valence-corrected chi connectivity index (χ4v) is 2.40. The van der Waals surface area contributed by atoms with Crippen LogP contribution in [0.15, 0.2) is 0 Å². The second kappa shape index (κ2) is 8.40. The van der Waals surface area contributed by atoms with Gasteiger partial charge in [-0.2, -0.15) is 0 Å². The minimum Gasteiger partial charge on any atom is -0.314 e. The second-order valence-corrected chi connectivity index (χ2v) is 6.39. The summed E-state index contributed by atoms with van der Waals surface area (Å²) in [5.74, 6) is 0.589. The van der Waals surface area contributed by atoms with Crippen molar-refractivity contribution < 1.29 is 9.59 Å². The van der Waals surface area contributed by atoms with Gasteiger partial charge in [0.25, 0.3) is 0 Å². The van der Waals surface area contributed by atoms with Crippen LogP contribution in [-0.4, -0.2) is 35.8 Å². The fraction of sp³-hybridized carbons (Fsp3) is 0.875. The third-order valence-corrected chi connectivity index (χ3v) is 4.24. The summed E-state index contributed by atoms with van der Waals surface area (Å²) in [6, 6.07) is 0.566. The molecule has 2 atom stereocenters. The molecule has 0 spiro atoms. The Morgan fingerprint density at radius 3 is 2.35 bits per heavy atom. The van der Waals surface area contributed by atoms with Gasteiger partial charge in [-0.1, -0.05) is 33.6 Å². The fourth-order valence-electron chi connectivity index (χ4n) is 2.40. The van der Waals surface area contributed by atoms with Crippen molar-refractivity contribution in [1.29, 1.82) is 0 Å². The molecule has 0 saturated carbocycles. The predicted molar refractivity (Wildman–Crippen MR) is 81.3 cm³/mol. The average Bonchev–Trinajstić information content (AvgIpc) is 2.63. The van der Waals surface area contributed by atoms with Crippen LogP contribution in [0.25, 0.3) is 0 Å². The molecule has 0 aromatic heterocycles. The Kier molecular flexibility index (Phi) is 7.20. The highest BCUT2D eigenvalue weighted by atomic mass is 16.2. The van der Waals surface area contributed by atoms with Gasteiger partial charge in [0.15, 0.2) is 0 Å². The van der Waals surface area contributed by atoms with Crippen molar-refractivity contribution in [2.75, 3.05) is 13.1 Å². The van der Waals surface area contributed by atoms with Crippen LogP contribution in [0.1, 0.15) is 59.8 Å². The number of nitrogens with one attached hydrogen (secondary N) is 1. The summed E-state index contributed by atoms with van der Waals surface area (Å²) in [4.78, 5) is 24.8. The number of hydrogen-bond acceptors (Lipinski definition) is 3. The van der Waals surface area contributed by atoms with Crippen LogP contribution in [0.4, 0.5) is 0 Å². The van der Waals surface area contributed by atoms with E-state index in [-0.39, 0.29) is 17.7 Å². The smallest absolute Gasteiger partial charge is 0.232 e. The van der Waals surface area contributed by atoms with Gasteiger partial charge in [0, 0.05) is 24.9 Å². The molecule has 0 aliphatic carbocycles. The summed E-state index contributed by atoms with van der Waals surface area (Å²) in [5, 5.41) is 3.52. The minimum atomic E-state index is -0.107. The maximum absolute atomic E-state index is 11.7. The lowest BCUT2D eigenvalue weighted by Gasteiger charge is -2.17. The van der Waals surface area contributed by atoms with Crippen LogP contribution in [0.2, 0.25) is 0 Å². The Morgan fingerprint density at radius 2 is 1.80 bits per heavy atom. The van der Waals surface area contributed by atoms with E-state index in [1.165, 1.54) is 4.90 Å². The van der Waals surface area contributed by atoms with Gasteiger partial charge in [0.2, 0.25) is 11.8 Å². The molecule has 2 amide bonds. The Balaban J connectivity index is 2.03. The Hall–Kier alpha value is -0.900. The lowest BCUT2D eigenvalue weighted by molar-refractivity contribution is -0.139. The third kappa shape index (κ3) is 5.23. The molecule has 0 radical (unpaired) electrons. The molecule has 0 aromatic carbocycles. The van der Waals surface area contributed by atoms with E-state index >= 15 is 0 Å². The van der Waals surface area contributed by atoms with Crippen molar-refractivity contribution in [3.8, 4) is 0 Å². The lowest BCUT2D eigenvalue weighted by Crippen LogP contribution is -2.32. The molecule has 1 saturated heterocycles. The van der Waals surface area contributed by atoms with E-state index in [0.717, 1.165) is 32.2 Å². The van der Waals surface area contributed by atoms with Crippen LogP contribution in [0.5, 0.6) is 0 Å². The highest BCUT2D eigenvalue weighted by Crippen LogP contribution is 2.19. The molecule has 1 N–H and O–H groups in total. The van der Waals surface area contributed by atoms with Crippen LogP contribution in [0, 0.1) is 11.8 Å². The molecule has 0 bridgehead atoms. The molecule has 1 aliphatic rings. The van der Waals surface area contributed by atoms with Gasteiger partial charge in [-0.3, -0.25) is 14.5 Å². The Morgan fingerprint density at radius 1 is 1.15 bits per heavy atom. The number of carbonyl (C=O) groups is 2. The van der Waals surface area contributed by atoms with Gasteiger partial charge in [-0.05, 0) is 32.2 Å². The van der Waals surface area contributed by atoms with Crippen LogP contribution >= 0.6 is 0 Å². The quantitative estimate of drug-likeness (QED) is 0.522. The molecular weight excluding hydrogens is 252 g/mol. The SMILES string of the molecule is CC1CC(=O)N(CCCCCCNC(C)C(C)C)C1=O. The number of nitrogens with zero attached hydrogens (tertiary/aromatic N) is 1. The van der Waals surface area contributed by atoms with Crippen LogP contribution in [-0.2, 0) is 9.59 Å². The minimum absolute atomic E-state index is 0.00919. The van der Waals surface area contributed by atoms with Crippen molar-refractivity contribution in [3.63, 3.8) is 0 Å². The standard InChI is InChI=1S/C16H30N2O2/c1-12(2)14(4)17-9-7-5-6-8-10-18-15(19)11-13(3)16(18)20/h12-14,17H,5-11H2,1-4H3. The van der Waals surface area contributed by atoms with E-state index in [0.29, 0.717) is 24.9 Å². The predicted octanol–water partition coefficient (Wildman–Crippen LogP) is 2.58. The number of rotatable bonds is 9. The van der Waals surface area contributed by atoms with Crippen molar-refractivity contribution >= 4 is 11.8 Å². The van der Waals surface area contributed by atoms with Crippen molar-refractivity contribution in [3.05, 3.63) is 0 Å². The first kappa shape index (κ1) is 17.2. The zero-order valence-corrected chi connectivity index (χ0v) is 13.4. The van der Waals surface area contributed by atoms with E-state index in [9.17, 15) is 9.59 Å². The molecule has 1 aliphatic heterocycles. The van der Waals surface area contributed by atoms with Crippen molar-refractivity contribution in [2.45, 2.75) is 65.8 Å². The number of likely N-dealkylation sites (tertiary alicyclic amines) is 1. The summed E-state index contributed by atoms with van der Waals surface area (Å²) in [6.07, 6.45) is 4.74. The molecule has 4 heteroatoms. The highest BCUT2D eigenvalue weighted by molar-refractivity contribution is 6.03. The van der Waals surface area contributed by atoms with Gasteiger partial charge in [0.1, 0.15) is 0 Å². The summed E-state index contributed by atoms with van der Waals surface area (Å²) in [5.41, 5.74) is 0. The zero-order valence-electron chi connectivity index (χ0n) is 13.4. The Bertz CT molecular complexity index is 328. The highest BCUT2D eigenvalue weighted by Gasteiger charge is 2.34. The zero-order chi connectivity index (χ0) is 15.1. The van der Waals surface area contributed by atoms with E-state index in [1.807, 2.05) is 6.92 Å². The van der Waals surface area contributed by atoms with Crippen molar-refractivity contribution in [1.82, 2.24) is 10.2 Å². The van der Waals surface area contributed by atoms with Crippen LogP contribution in [0.3, 0.4) is 0 Å². The molecule has 4 nitrogen and oxygen atoms in total. The van der Waals surface area contributed by atoms with Gasteiger partial charge >= 0.3 is 0 Å². The first-order valence-corrected chi connectivity index (χ1v) is 8.01. The molecule has 0 aromatic rings. The molecule has 1 rings (SSSR count). The topological polar surface area (TPSA) is 49.4 Å². The van der Waals surface area contributed by atoms with Gasteiger partial charge < -0.3 is 5.32 Å². The second-order valence-electron chi connectivity index (χ2n) is 6.39. The number of amides is 2. The summed E-state index contributed by atoms with van der Waals surface area (Å²) < 4.78 is 0. The van der Waals surface area contributed by atoms with E-state index in [2.05, 4.69) is 26.1 Å². The molecule has 1 fully saturated rings. The van der Waals surface area contributed by atoms with Gasteiger partial charge in [-0.25, -0.2) is 0 Å². The number of imide groups is 1. The maximum atomic E-state index is 11.7. The van der Waals surface area contributed by atoms with Gasteiger partial charge in [0.05, 0.1) is 0 Å². The molecule has 2 unspecified atom stereocenters. The monoisotopic (exact) mass is 282 g/mol. The summed E-state index contributed by atoms with van der Waals surface area (Å²) in [6.45, 7) is 10.2. The number of unbranched alkanes of at least 4 members (excludes halogenated alkanes) is 3. The molecule has 116 valence electrons. The third-order valence-electron chi connectivity index (χ3n) is 4.24. The summed E-state index contributed by atoms with van der Waals surface area (Å²) in [7, 11) is 0. The van der Waals surface area contributed by atoms with Crippen molar-refractivity contribution in [2.24, 2.45) is 11.8 Å². The molecular formula is C16H30N2O2. The average molecular weight is 282 g/mol. The van der Waals surface area contributed by atoms with Gasteiger partial charge in [-0.15, -0.1) is 0 Å².